The molecule has 352 valence electrons. The standard InChI is InChI=1S/C47H81O13P/c1-3-5-7-9-11-13-15-17-18-19-20-21-22-24-26-28-30-32-34-36-41(49)59-39(38-58-61(55,56)60-47-45(53)43(51)42(50)44(52)46(47)54)37-57-40(48)35-33-31-29-27-25-23-16-14-12-10-8-6-4-2/h11,13,17-18,20-21,24,26,30,32,39,42-47,50-54H,3-10,12,14-16,19,22-23,25,27-29,31,33-38H2,1-2H3,(H,55,56)/b13-11-,18-17-,21-20-,26-24-,32-30-/t39-,42?,43-,44?,45?,46?,47?/m1/s1. The Kier molecular flexibility index (Phi) is 34.3. The van der Waals surface area contributed by atoms with Crippen LogP contribution in [0.2, 0.25) is 0 Å². The van der Waals surface area contributed by atoms with Crippen LogP contribution < -0.4 is 0 Å². The lowest BCUT2D eigenvalue weighted by Gasteiger charge is -2.41. The van der Waals surface area contributed by atoms with Crippen molar-refractivity contribution in [2.75, 3.05) is 13.2 Å². The molecule has 1 fully saturated rings. The van der Waals surface area contributed by atoms with Crippen molar-refractivity contribution in [1.29, 1.82) is 0 Å². The molecule has 0 aromatic carbocycles. The number of carbonyl (C=O) groups excluding carboxylic acids is 2. The van der Waals surface area contributed by atoms with Crippen molar-refractivity contribution in [2.24, 2.45) is 0 Å². The Labute approximate surface area is 366 Å². The predicted molar refractivity (Wildman–Crippen MR) is 239 cm³/mol. The first-order valence-corrected chi connectivity index (χ1v) is 24.6. The monoisotopic (exact) mass is 885 g/mol. The molecule has 0 bridgehead atoms. The van der Waals surface area contributed by atoms with Crippen molar-refractivity contribution in [3.8, 4) is 0 Å². The number of hydrogen-bond acceptors (Lipinski definition) is 12. The minimum atomic E-state index is -5.14. The maximum Gasteiger partial charge on any atom is 0.472 e. The molecule has 0 heterocycles. The van der Waals surface area contributed by atoms with Gasteiger partial charge in [0.1, 0.15) is 43.2 Å². The molecule has 14 heteroatoms. The Balaban J connectivity index is 2.52. The van der Waals surface area contributed by atoms with Crippen LogP contribution in [0.15, 0.2) is 60.8 Å². The maximum absolute atomic E-state index is 12.8. The summed E-state index contributed by atoms with van der Waals surface area (Å²) in [5.41, 5.74) is 0. The highest BCUT2D eigenvalue weighted by Gasteiger charge is 2.51. The highest BCUT2D eigenvalue weighted by atomic mass is 31.2. The van der Waals surface area contributed by atoms with E-state index in [1.807, 2.05) is 18.2 Å². The van der Waals surface area contributed by atoms with Crippen LogP contribution in [0.4, 0.5) is 0 Å². The molecule has 0 aromatic heterocycles. The van der Waals surface area contributed by atoms with Gasteiger partial charge in [-0.1, -0.05) is 164 Å². The number of phosphoric acid groups is 1. The summed E-state index contributed by atoms with van der Waals surface area (Å²) in [6, 6.07) is 0. The molecule has 1 aliphatic carbocycles. The van der Waals surface area contributed by atoms with Gasteiger partial charge in [-0.25, -0.2) is 4.57 Å². The van der Waals surface area contributed by atoms with Crippen molar-refractivity contribution in [2.45, 2.75) is 211 Å². The van der Waals surface area contributed by atoms with Crippen LogP contribution in [0.1, 0.15) is 168 Å². The lowest BCUT2D eigenvalue weighted by atomic mass is 9.85. The number of aliphatic hydroxyl groups is 5. The molecule has 0 radical (unpaired) electrons. The van der Waals surface area contributed by atoms with E-state index >= 15 is 0 Å². The van der Waals surface area contributed by atoms with Crippen molar-refractivity contribution >= 4 is 19.8 Å². The van der Waals surface area contributed by atoms with E-state index in [1.54, 1.807) is 0 Å². The quantitative estimate of drug-likeness (QED) is 0.0149. The van der Waals surface area contributed by atoms with Gasteiger partial charge < -0.3 is 39.9 Å². The van der Waals surface area contributed by atoms with Crippen molar-refractivity contribution in [3.63, 3.8) is 0 Å². The third-order valence-corrected chi connectivity index (χ3v) is 11.4. The third kappa shape index (κ3) is 29.5. The van der Waals surface area contributed by atoms with E-state index in [0.717, 1.165) is 44.9 Å². The van der Waals surface area contributed by atoms with Gasteiger partial charge in [-0.15, -0.1) is 0 Å². The molecule has 0 saturated heterocycles. The number of rotatable bonds is 37. The van der Waals surface area contributed by atoms with Gasteiger partial charge >= 0.3 is 19.8 Å². The first kappa shape index (κ1) is 56.6. The number of allylic oxidation sites excluding steroid dienone is 10. The Morgan fingerprint density at radius 1 is 0.508 bits per heavy atom. The van der Waals surface area contributed by atoms with E-state index < -0.39 is 75.7 Å². The molecule has 61 heavy (non-hydrogen) atoms. The lowest BCUT2D eigenvalue weighted by Crippen LogP contribution is -2.64. The summed E-state index contributed by atoms with van der Waals surface area (Å²) in [5, 5.41) is 50.1. The van der Waals surface area contributed by atoms with Gasteiger partial charge in [0.15, 0.2) is 6.10 Å². The van der Waals surface area contributed by atoms with E-state index in [9.17, 15) is 44.6 Å². The molecular weight excluding hydrogens is 803 g/mol. The Bertz CT molecular complexity index is 1300. The molecule has 6 unspecified atom stereocenters. The number of phosphoric ester groups is 1. The molecule has 8 atom stereocenters. The Morgan fingerprint density at radius 3 is 1.41 bits per heavy atom. The van der Waals surface area contributed by atoms with E-state index in [1.165, 1.54) is 77.0 Å². The van der Waals surface area contributed by atoms with E-state index in [4.69, 9.17) is 18.5 Å². The van der Waals surface area contributed by atoms with Crippen LogP contribution in [0.25, 0.3) is 0 Å². The second-order valence-electron chi connectivity index (χ2n) is 15.9. The van der Waals surface area contributed by atoms with Gasteiger partial charge in [0.2, 0.25) is 0 Å². The number of unbranched alkanes of at least 4 members (excludes halogenated alkanes) is 15. The van der Waals surface area contributed by atoms with Crippen molar-refractivity contribution in [1.82, 2.24) is 0 Å². The Morgan fingerprint density at radius 2 is 0.918 bits per heavy atom. The van der Waals surface area contributed by atoms with Crippen LogP contribution >= 0.6 is 7.82 Å². The van der Waals surface area contributed by atoms with Crippen LogP contribution in [-0.4, -0.2) is 98.3 Å². The average Bonchev–Trinajstić information content (AvgIpc) is 3.24. The zero-order valence-electron chi connectivity index (χ0n) is 37.2. The maximum atomic E-state index is 12.8. The fraction of sp³-hybridized carbons (Fsp3) is 0.745. The second kappa shape index (κ2) is 37.0. The predicted octanol–water partition coefficient (Wildman–Crippen LogP) is 8.94. The third-order valence-electron chi connectivity index (χ3n) is 10.4. The zero-order chi connectivity index (χ0) is 45.0. The SMILES string of the molecule is CCCCC/C=C\C/C=C\C/C=C\C/C=C\C/C=C\CCC(=O)O[C@H](COC(=O)CCCCCCCCCCCCCCC)COP(=O)(O)OC1C(O)C(O)C(O)[C@@H](O)C1O. The molecule has 0 aromatic rings. The fourth-order valence-corrected chi connectivity index (χ4v) is 7.59. The van der Waals surface area contributed by atoms with Crippen LogP contribution in [-0.2, 0) is 32.7 Å². The normalized spacial score (nSPS) is 22.6. The lowest BCUT2D eigenvalue weighted by molar-refractivity contribution is -0.220. The van der Waals surface area contributed by atoms with E-state index in [-0.39, 0.29) is 12.8 Å². The van der Waals surface area contributed by atoms with Gasteiger partial charge in [-0.05, 0) is 51.4 Å². The van der Waals surface area contributed by atoms with Crippen LogP contribution in [0, 0.1) is 0 Å². The Hall–Kier alpha value is -2.45. The van der Waals surface area contributed by atoms with Gasteiger partial charge in [-0.3, -0.25) is 18.6 Å². The summed E-state index contributed by atoms with van der Waals surface area (Å²) >= 11 is 0. The number of aliphatic hydroxyl groups excluding tert-OH is 5. The number of ether oxygens (including phenoxy) is 2. The summed E-state index contributed by atoms with van der Waals surface area (Å²) < 4.78 is 33.4. The largest absolute Gasteiger partial charge is 0.472 e. The van der Waals surface area contributed by atoms with Crippen molar-refractivity contribution < 1.29 is 63.1 Å². The zero-order valence-corrected chi connectivity index (χ0v) is 38.1. The number of hydrogen-bond donors (Lipinski definition) is 6. The molecular formula is C47H81O13P. The molecule has 0 aliphatic heterocycles. The molecule has 1 rings (SSSR count). The number of esters is 2. The fourth-order valence-electron chi connectivity index (χ4n) is 6.62. The highest BCUT2D eigenvalue weighted by molar-refractivity contribution is 7.47. The topological polar surface area (TPSA) is 210 Å². The van der Waals surface area contributed by atoms with Gasteiger partial charge in [0, 0.05) is 12.8 Å². The summed E-state index contributed by atoms with van der Waals surface area (Å²) in [7, 11) is -5.14. The molecule has 1 aliphatic rings. The average molecular weight is 885 g/mol. The summed E-state index contributed by atoms with van der Waals surface area (Å²) in [4.78, 5) is 35.6. The van der Waals surface area contributed by atoms with Crippen LogP contribution in [0.5, 0.6) is 0 Å². The first-order valence-electron chi connectivity index (χ1n) is 23.1. The van der Waals surface area contributed by atoms with E-state index in [0.29, 0.717) is 19.3 Å². The van der Waals surface area contributed by atoms with E-state index in [2.05, 4.69) is 56.4 Å². The van der Waals surface area contributed by atoms with Crippen molar-refractivity contribution in [3.05, 3.63) is 60.8 Å². The first-order chi connectivity index (χ1) is 29.4. The number of carbonyl (C=O) groups is 2. The summed E-state index contributed by atoms with van der Waals surface area (Å²) in [5.74, 6) is -1.20. The van der Waals surface area contributed by atoms with Crippen LogP contribution in [0.3, 0.4) is 0 Å². The smallest absolute Gasteiger partial charge is 0.462 e. The molecule has 13 nitrogen and oxygen atoms in total. The second-order valence-corrected chi connectivity index (χ2v) is 17.3. The molecule has 6 N–H and O–H groups in total. The van der Waals surface area contributed by atoms with Gasteiger partial charge in [-0.2, -0.15) is 0 Å². The molecule has 1 saturated carbocycles. The highest BCUT2D eigenvalue weighted by Crippen LogP contribution is 2.47. The van der Waals surface area contributed by atoms with Gasteiger partial charge in [0.05, 0.1) is 6.61 Å². The summed E-state index contributed by atoms with van der Waals surface area (Å²) in [6.07, 6.45) is 31.5. The molecule has 0 amide bonds. The minimum absolute atomic E-state index is 0.0274. The minimum Gasteiger partial charge on any atom is -0.462 e. The molecule has 0 spiro atoms. The summed E-state index contributed by atoms with van der Waals surface area (Å²) in [6.45, 7) is 3.20. The van der Waals surface area contributed by atoms with Gasteiger partial charge in [0.25, 0.3) is 0 Å².